The standard InChI is InChI=1S/C47H61N3O6S/c1-4-7-9-14-30-50(47-49-42-18-12-13-19-44(42)57-47)48-35-39-34-41(55-45(51)37-22-20-36(21-23-37)17-8-5-2)28-29-43(39)56-46(52)38-24-26-40(27-25-38)54-33-16-11-10-15-32-53-31-6-3/h6,12-13,18-19,24-29,34-37H,3-5,7-11,14-17,20-23,30-33H2,1-2H3. The molecule has 57 heavy (non-hydrogen) atoms. The molecule has 1 aromatic heterocycles. The lowest BCUT2D eigenvalue weighted by molar-refractivity contribution is -0.140. The van der Waals surface area contributed by atoms with Gasteiger partial charge in [0.1, 0.15) is 17.2 Å². The van der Waals surface area contributed by atoms with Crippen LogP contribution in [0.4, 0.5) is 5.13 Å². The van der Waals surface area contributed by atoms with Crippen molar-refractivity contribution in [3.8, 4) is 17.2 Å². The Labute approximate surface area is 343 Å². The van der Waals surface area contributed by atoms with Crippen molar-refractivity contribution in [3.63, 3.8) is 0 Å². The number of hydrogen-bond donors (Lipinski definition) is 0. The second-order valence-corrected chi connectivity index (χ2v) is 15.9. The van der Waals surface area contributed by atoms with E-state index in [0.717, 1.165) is 99.0 Å². The Morgan fingerprint density at radius 2 is 1.58 bits per heavy atom. The molecular formula is C47H61N3O6S. The highest BCUT2D eigenvalue weighted by Crippen LogP contribution is 2.34. The van der Waals surface area contributed by atoms with Crippen LogP contribution in [-0.2, 0) is 9.53 Å². The number of hydrazone groups is 1. The monoisotopic (exact) mass is 795 g/mol. The summed E-state index contributed by atoms with van der Waals surface area (Å²) in [5.41, 5.74) is 1.83. The molecule has 0 N–H and O–H groups in total. The van der Waals surface area contributed by atoms with Crippen LogP contribution in [0.2, 0.25) is 0 Å². The minimum Gasteiger partial charge on any atom is -0.494 e. The number of ether oxygens (including phenoxy) is 4. The molecule has 0 radical (unpaired) electrons. The van der Waals surface area contributed by atoms with Crippen LogP contribution < -0.4 is 19.2 Å². The van der Waals surface area contributed by atoms with Gasteiger partial charge in [0.2, 0.25) is 5.13 Å². The zero-order valence-electron chi connectivity index (χ0n) is 34.0. The molecule has 0 aliphatic heterocycles. The van der Waals surface area contributed by atoms with Crippen LogP contribution in [-0.4, -0.2) is 49.5 Å². The SMILES string of the molecule is C=CCOCCCCCCOc1ccc(C(=O)Oc2ccc(OC(=O)C3CCC(CCCC)CC3)cc2C=NN(CCCCCC)c2nc3ccccc3s2)cc1. The zero-order chi connectivity index (χ0) is 40.1. The lowest BCUT2D eigenvalue weighted by Gasteiger charge is -2.27. The molecule has 306 valence electrons. The summed E-state index contributed by atoms with van der Waals surface area (Å²) in [6.07, 6.45) is 19.4. The third kappa shape index (κ3) is 14.4. The van der Waals surface area contributed by atoms with Crippen LogP contribution in [0.5, 0.6) is 17.2 Å². The second kappa shape index (κ2) is 24.3. The van der Waals surface area contributed by atoms with Gasteiger partial charge in [0.15, 0.2) is 0 Å². The number of fused-ring (bicyclic) bond motifs is 1. The van der Waals surface area contributed by atoms with Crippen molar-refractivity contribution in [2.45, 2.75) is 110 Å². The van der Waals surface area contributed by atoms with Gasteiger partial charge in [-0.1, -0.05) is 88.3 Å². The van der Waals surface area contributed by atoms with E-state index in [4.69, 9.17) is 29.0 Å². The number of rotatable bonds is 25. The predicted octanol–water partition coefficient (Wildman–Crippen LogP) is 12.0. The molecule has 0 bridgehead atoms. The van der Waals surface area contributed by atoms with E-state index < -0.39 is 5.97 Å². The van der Waals surface area contributed by atoms with Gasteiger partial charge in [0.25, 0.3) is 0 Å². The number of nitrogens with zero attached hydrogens (tertiary/aromatic N) is 3. The quantitative estimate of drug-likeness (QED) is 0.0163. The molecule has 1 heterocycles. The lowest BCUT2D eigenvalue weighted by Crippen LogP contribution is -2.25. The van der Waals surface area contributed by atoms with Crippen molar-refractivity contribution in [2.75, 3.05) is 31.4 Å². The summed E-state index contributed by atoms with van der Waals surface area (Å²) < 4.78 is 24.4. The Bertz CT molecular complexity index is 1820. The van der Waals surface area contributed by atoms with Gasteiger partial charge in [-0.25, -0.2) is 14.8 Å². The van der Waals surface area contributed by atoms with Gasteiger partial charge < -0.3 is 18.9 Å². The van der Waals surface area contributed by atoms with Gasteiger partial charge in [-0.2, -0.15) is 5.10 Å². The van der Waals surface area contributed by atoms with Gasteiger partial charge in [-0.15, -0.1) is 6.58 Å². The van der Waals surface area contributed by atoms with E-state index in [-0.39, 0.29) is 11.9 Å². The van der Waals surface area contributed by atoms with Crippen LogP contribution in [0.1, 0.15) is 126 Å². The van der Waals surface area contributed by atoms with Gasteiger partial charge >= 0.3 is 11.9 Å². The van der Waals surface area contributed by atoms with Crippen LogP contribution in [0.3, 0.4) is 0 Å². The van der Waals surface area contributed by atoms with Gasteiger partial charge in [-0.05, 0) is 112 Å². The van der Waals surface area contributed by atoms with E-state index >= 15 is 0 Å². The maximum absolute atomic E-state index is 13.5. The van der Waals surface area contributed by atoms with Gasteiger partial charge in [0.05, 0.1) is 41.1 Å². The van der Waals surface area contributed by atoms with Gasteiger partial charge in [-0.3, -0.25) is 4.79 Å². The molecule has 5 rings (SSSR count). The number of unbranched alkanes of at least 4 members (excludes halogenated alkanes) is 7. The fourth-order valence-corrected chi connectivity index (χ4v) is 7.97. The number of carbonyl (C=O) groups excluding carboxylic acids is 2. The molecule has 0 unspecified atom stereocenters. The number of aromatic nitrogens is 1. The highest BCUT2D eigenvalue weighted by Gasteiger charge is 2.28. The molecule has 1 aliphatic rings. The maximum atomic E-state index is 13.5. The first-order chi connectivity index (χ1) is 28.0. The van der Waals surface area contributed by atoms with E-state index in [1.165, 1.54) is 19.3 Å². The molecule has 0 saturated heterocycles. The smallest absolute Gasteiger partial charge is 0.343 e. The number of benzene rings is 3. The fraction of sp³-hybridized carbons (Fsp3) is 0.489. The van der Waals surface area contributed by atoms with Crippen molar-refractivity contribution in [2.24, 2.45) is 16.9 Å². The molecule has 0 spiro atoms. The van der Waals surface area contributed by atoms with Crippen LogP contribution >= 0.6 is 11.3 Å². The number of thiazole rings is 1. The van der Waals surface area contributed by atoms with Crippen molar-refractivity contribution < 1.29 is 28.5 Å². The highest BCUT2D eigenvalue weighted by atomic mass is 32.1. The summed E-state index contributed by atoms with van der Waals surface area (Å²) in [5.74, 6) is 1.26. The summed E-state index contributed by atoms with van der Waals surface area (Å²) in [6.45, 7) is 10.7. The second-order valence-electron chi connectivity index (χ2n) is 14.9. The normalized spacial score (nSPS) is 15.5. The maximum Gasteiger partial charge on any atom is 0.343 e. The molecule has 1 aliphatic carbocycles. The molecule has 1 fully saturated rings. The Hall–Kier alpha value is -4.54. The Morgan fingerprint density at radius 1 is 0.842 bits per heavy atom. The van der Waals surface area contributed by atoms with Crippen LogP contribution in [0.25, 0.3) is 10.2 Å². The first-order valence-electron chi connectivity index (χ1n) is 21.1. The molecular weight excluding hydrogens is 735 g/mol. The number of para-hydroxylation sites is 1. The van der Waals surface area contributed by atoms with E-state index in [9.17, 15) is 9.59 Å². The molecule has 4 aromatic rings. The van der Waals surface area contributed by atoms with Crippen molar-refractivity contribution in [3.05, 3.63) is 90.5 Å². The van der Waals surface area contributed by atoms with Crippen LogP contribution in [0.15, 0.2) is 84.5 Å². The largest absolute Gasteiger partial charge is 0.494 e. The van der Waals surface area contributed by atoms with E-state index in [0.29, 0.717) is 54.1 Å². The third-order valence-corrected chi connectivity index (χ3v) is 11.4. The number of carbonyl (C=O) groups is 2. The first-order valence-corrected chi connectivity index (χ1v) is 22.0. The minimum atomic E-state index is -0.512. The third-order valence-electron chi connectivity index (χ3n) is 10.4. The molecule has 0 atom stereocenters. The Balaban J connectivity index is 1.28. The summed E-state index contributed by atoms with van der Waals surface area (Å²) in [7, 11) is 0. The average molecular weight is 796 g/mol. The summed E-state index contributed by atoms with van der Waals surface area (Å²) in [4.78, 5) is 31.7. The molecule has 10 heteroatoms. The summed E-state index contributed by atoms with van der Waals surface area (Å²) >= 11 is 1.59. The Morgan fingerprint density at radius 3 is 2.33 bits per heavy atom. The van der Waals surface area contributed by atoms with E-state index in [2.05, 4.69) is 26.5 Å². The van der Waals surface area contributed by atoms with Crippen molar-refractivity contribution >= 4 is 44.8 Å². The van der Waals surface area contributed by atoms with Crippen molar-refractivity contribution in [1.29, 1.82) is 0 Å². The topological polar surface area (TPSA) is 99.5 Å². The highest BCUT2D eigenvalue weighted by molar-refractivity contribution is 7.22. The van der Waals surface area contributed by atoms with E-state index in [1.54, 1.807) is 66.1 Å². The molecule has 9 nitrogen and oxygen atoms in total. The van der Waals surface area contributed by atoms with E-state index in [1.807, 2.05) is 23.2 Å². The molecule has 0 amide bonds. The lowest BCUT2D eigenvalue weighted by atomic mass is 9.80. The van der Waals surface area contributed by atoms with Gasteiger partial charge in [0, 0.05) is 18.7 Å². The van der Waals surface area contributed by atoms with Crippen LogP contribution in [0, 0.1) is 11.8 Å². The Kier molecular flexibility index (Phi) is 18.6. The minimum absolute atomic E-state index is 0.116. The molecule has 1 saturated carbocycles. The molecule has 3 aromatic carbocycles. The van der Waals surface area contributed by atoms with Crippen molar-refractivity contribution in [1.82, 2.24) is 4.98 Å². The number of hydrogen-bond acceptors (Lipinski definition) is 10. The predicted molar refractivity (Wildman–Crippen MR) is 232 cm³/mol. The number of anilines is 1. The summed E-state index contributed by atoms with van der Waals surface area (Å²) in [5, 5.41) is 7.62. The summed E-state index contributed by atoms with van der Waals surface area (Å²) in [6, 6.07) is 20.2. The zero-order valence-corrected chi connectivity index (χ0v) is 34.8. The average Bonchev–Trinajstić information content (AvgIpc) is 3.67. The first kappa shape index (κ1) is 43.6. The fourth-order valence-electron chi connectivity index (χ4n) is 7.02. The number of esters is 2.